The first-order valence-corrected chi connectivity index (χ1v) is 16.6. The molecule has 3 aromatic rings. The molecule has 0 bridgehead atoms. The molecular formula is C28H36N4O8S2. The Morgan fingerprint density at radius 2 is 1.57 bits per heavy atom. The van der Waals surface area contributed by atoms with Crippen LogP contribution in [0.1, 0.15) is 24.5 Å². The van der Waals surface area contributed by atoms with Crippen molar-refractivity contribution in [3.63, 3.8) is 0 Å². The van der Waals surface area contributed by atoms with Crippen molar-refractivity contribution in [2.45, 2.75) is 29.9 Å². The molecule has 1 aliphatic rings. The van der Waals surface area contributed by atoms with Crippen LogP contribution in [0.2, 0.25) is 0 Å². The largest absolute Gasteiger partial charge is 0.506 e. The van der Waals surface area contributed by atoms with Gasteiger partial charge in [0.1, 0.15) is 5.75 Å². The second-order valence-electron chi connectivity index (χ2n) is 10.0. The van der Waals surface area contributed by atoms with Crippen molar-refractivity contribution < 1.29 is 36.5 Å². The molecular weight excluding hydrogens is 584 g/mol. The maximum atomic E-state index is 12.9. The number of aliphatic hydroxyl groups is 1. The van der Waals surface area contributed by atoms with E-state index in [9.17, 15) is 27.0 Å². The molecule has 1 aliphatic heterocycles. The molecule has 0 spiro atoms. The Labute approximate surface area is 246 Å². The first kappa shape index (κ1) is 31.2. The van der Waals surface area contributed by atoms with Crippen LogP contribution in [-0.4, -0.2) is 73.2 Å². The van der Waals surface area contributed by atoms with Gasteiger partial charge in [0.25, 0.3) is 10.0 Å². The van der Waals surface area contributed by atoms with E-state index >= 15 is 0 Å². The van der Waals surface area contributed by atoms with Crippen molar-refractivity contribution >= 4 is 37.1 Å². The third kappa shape index (κ3) is 7.97. The molecule has 0 amide bonds. The van der Waals surface area contributed by atoms with Crippen molar-refractivity contribution in [2.75, 3.05) is 54.5 Å². The number of aliphatic hydroxyl groups excluding tert-OH is 1. The van der Waals surface area contributed by atoms with Crippen LogP contribution in [0.15, 0.2) is 65.6 Å². The summed E-state index contributed by atoms with van der Waals surface area (Å²) in [6.07, 6.45) is 1.71. The lowest BCUT2D eigenvalue weighted by atomic mass is 10.0. The molecule has 1 heterocycles. The highest BCUT2D eigenvalue weighted by atomic mass is 32.2. The highest BCUT2D eigenvalue weighted by Gasteiger charge is 2.22. The van der Waals surface area contributed by atoms with Crippen LogP contribution < -0.4 is 29.1 Å². The van der Waals surface area contributed by atoms with Crippen molar-refractivity contribution in [3.8, 4) is 17.2 Å². The van der Waals surface area contributed by atoms with Crippen LogP contribution in [0, 0.1) is 0 Å². The van der Waals surface area contributed by atoms with Crippen LogP contribution in [0.25, 0.3) is 0 Å². The van der Waals surface area contributed by atoms with E-state index in [0.29, 0.717) is 22.7 Å². The van der Waals surface area contributed by atoms with Crippen LogP contribution in [0.4, 0.5) is 17.1 Å². The lowest BCUT2D eigenvalue weighted by Gasteiger charge is -2.34. The molecule has 1 atom stereocenters. The molecule has 5 N–H and O–H groups in total. The van der Waals surface area contributed by atoms with Gasteiger partial charge in [-0.25, -0.2) is 16.8 Å². The highest BCUT2D eigenvalue weighted by Crippen LogP contribution is 2.31. The number of ether oxygens (including phenoxy) is 2. The summed E-state index contributed by atoms with van der Waals surface area (Å²) < 4.78 is 64.2. The van der Waals surface area contributed by atoms with Crippen LogP contribution in [-0.2, 0) is 20.0 Å². The van der Waals surface area contributed by atoms with Gasteiger partial charge in [-0.05, 0) is 66.9 Å². The van der Waals surface area contributed by atoms with Crippen LogP contribution in [0.3, 0.4) is 0 Å². The van der Waals surface area contributed by atoms with Gasteiger partial charge >= 0.3 is 0 Å². The molecule has 1 unspecified atom stereocenters. The molecule has 0 saturated carbocycles. The summed E-state index contributed by atoms with van der Waals surface area (Å²) >= 11 is 0. The Morgan fingerprint density at radius 1 is 0.905 bits per heavy atom. The summed E-state index contributed by atoms with van der Waals surface area (Å²) in [6.45, 7) is 1.74. The average molecular weight is 621 g/mol. The molecule has 12 nitrogen and oxygen atoms in total. The van der Waals surface area contributed by atoms with Gasteiger partial charge in [-0.15, -0.1) is 0 Å². The first-order valence-electron chi connectivity index (χ1n) is 13.2. The van der Waals surface area contributed by atoms with Crippen molar-refractivity contribution in [1.82, 2.24) is 5.32 Å². The summed E-state index contributed by atoms with van der Waals surface area (Å²) in [5.74, 6) is 0.684. The molecule has 4 rings (SSSR count). The topological polar surface area (TPSA) is 167 Å². The zero-order valence-electron chi connectivity index (χ0n) is 23.6. The standard InChI is InChI=1S/C28H36N4O8S2/c1-39-27-11-5-21(17-28(27)40-2)30-42(37,38)23-8-6-22(7-9-23)32-14-12-20(13-15-32)29-18-26(34)19-4-10-25(33)24(16-19)31-41(3,35)36/h4-11,16-17,20,26,29-31,33-34H,12-15,18H2,1-3H3. The number of hydrogen-bond acceptors (Lipinski definition) is 10. The van der Waals surface area contributed by atoms with Crippen LogP contribution in [0.5, 0.6) is 17.2 Å². The minimum absolute atomic E-state index is 0.0120. The number of nitrogens with zero attached hydrogens (tertiary/aromatic N) is 1. The van der Waals surface area contributed by atoms with Gasteiger partial charge < -0.3 is 29.9 Å². The number of sulfonamides is 2. The Bertz CT molecular complexity index is 1590. The number of rotatable bonds is 12. The molecule has 1 saturated heterocycles. The van der Waals surface area contributed by atoms with Crippen molar-refractivity contribution in [1.29, 1.82) is 0 Å². The molecule has 1 fully saturated rings. The second kappa shape index (κ2) is 13.1. The average Bonchev–Trinajstić information content (AvgIpc) is 2.96. The number of nitrogens with one attached hydrogen (secondary N) is 3. The molecule has 14 heteroatoms. The minimum atomic E-state index is -3.81. The minimum Gasteiger partial charge on any atom is -0.506 e. The lowest BCUT2D eigenvalue weighted by molar-refractivity contribution is 0.167. The first-order chi connectivity index (χ1) is 19.9. The molecule has 0 aromatic heterocycles. The molecule has 3 aromatic carbocycles. The predicted octanol–water partition coefficient (Wildman–Crippen LogP) is 2.87. The molecule has 0 radical (unpaired) electrons. The Kier molecular flexibility index (Phi) is 9.71. The van der Waals surface area contributed by atoms with E-state index in [2.05, 4.69) is 19.7 Å². The number of methoxy groups -OCH3 is 2. The Balaban J connectivity index is 1.29. The van der Waals surface area contributed by atoms with Gasteiger partial charge in [0.15, 0.2) is 11.5 Å². The quantitative estimate of drug-likeness (QED) is 0.190. The summed E-state index contributed by atoms with van der Waals surface area (Å²) in [7, 11) is -4.41. The van der Waals surface area contributed by atoms with E-state index in [4.69, 9.17) is 9.47 Å². The van der Waals surface area contributed by atoms with E-state index in [1.54, 1.807) is 48.5 Å². The van der Waals surface area contributed by atoms with Crippen molar-refractivity contribution in [2.24, 2.45) is 0 Å². The fourth-order valence-corrected chi connectivity index (χ4v) is 6.34. The zero-order chi connectivity index (χ0) is 30.5. The second-order valence-corrected chi connectivity index (χ2v) is 13.4. The Morgan fingerprint density at radius 3 is 2.19 bits per heavy atom. The normalized spacial score (nSPS) is 15.2. The lowest BCUT2D eigenvalue weighted by Crippen LogP contribution is -2.43. The van der Waals surface area contributed by atoms with Crippen LogP contribution >= 0.6 is 0 Å². The van der Waals surface area contributed by atoms with Crippen molar-refractivity contribution in [3.05, 3.63) is 66.2 Å². The number of aromatic hydroxyl groups is 1. The maximum Gasteiger partial charge on any atom is 0.261 e. The summed E-state index contributed by atoms with van der Waals surface area (Å²) in [4.78, 5) is 2.31. The van der Waals surface area contributed by atoms with Gasteiger partial charge in [-0.2, -0.15) is 0 Å². The predicted molar refractivity (Wildman–Crippen MR) is 162 cm³/mol. The number of hydrogen-bond donors (Lipinski definition) is 5. The van der Waals surface area contributed by atoms with E-state index in [1.165, 1.54) is 26.4 Å². The number of phenolic OH excluding ortho intramolecular Hbond substituents is 1. The SMILES string of the molecule is COc1ccc(NS(=O)(=O)c2ccc(N3CCC(NCC(O)c4ccc(O)c(NS(C)(=O)=O)c4)CC3)cc2)cc1OC. The third-order valence-corrected chi connectivity index (χ3v) is 8.93. The molecule has 42 heavy (non-hydrogen) atoms. The molecule has 0 aliphatic carbocycles. The maximum absolute atomic E-state index is 12.9. The Hall–Kier alpha value is -3.72. The third-order valence-electron chi connectivity index (χ3n) is 6.94. The van der Waals surface area contributed by atoms with Gasteiger partial charge in [0.2, 0.25) is 10.0 Å². The highest BCUT2D eigenvalue weighted by molar-refractivity contribution is 7.92. The molecule has 228 valence electrons. The van der Waals surface area contributed by atoms with E-state index < -0.39 is 26.2 Å². The number of phenols is 1. The summed E-state index contributed by atoms with van der Waals surface area (Å²) in [5.41, 5.74) is 1.75. The smallest absolute Gasteiger partial charge is 0.261 e. The number of anilines is 3. The van der Waals surface area contributed by atoms with Gasteiger partial charge in [-0.1, -0.05) is 6.07 Å². The fourth-order valence-electron chi connectivity index (χ4n) is 4.73. The van der Waals surface area contributed by atoms with E-state index in [1.807, 2.05) is 0 Å². The van der Waals surface area contributed by atoms with Gasteiger partial charge in [0.05, 0.1) is 42.8 Å². The fraction of sp³-hybridized carbons (Fsp3) is 0.357. The van der Waals surface area contributed by atoms with E-state index in [0.717, 1.165) is 37.9 Å². The summed E-state index contributed by atoms with van der Waals surface area (Å²) in [6, 6.07) is 16.0. The number of benzene rings is 3. The van der Waals surface area contributed by atoms with Gasteiger partial charge in [0, 0.05) is 37.4 Å². The van der Waals surface area contributed by atoms with E-state index in [-0.39, 0.29) is 28.9 Å². The monoisotopic (exact) mass is 620 g/mol. The number of piperidine rings is 1. The zero-order valence-corrected chi connectivity index (χ0v) is 25.2. The summed E-state index contributed by atoms with van der Waals surface area (Å²) in [5, 5.41) is 23.9. The van der Waals surface area contributed by atoms with Gasteiger partial charge in [-0.3, -0.25) is 9.44 Å².